The molecule has 1 rings (SSSR count). The minimum atomic E-state index is -0.820. The lowest BCUT2D eigenvalue weighted by atomic mass is 9.94. The first-order chi connectivity index (χ1) is 9.90. The van der Waals surface area contributed by atoms with Crippen molar-refractivity contribution in [3.8, 4) is 0 Å². The van der Waals surface area contributed by atoms with E-state index in [0.717, 1.165) is 0 Å². The maximum atomic E-state index is 11.3. The fourth-order valence-electron chi connectivity index (χ4n) is 2.10. The van der Waals surface area contributed by atoms with Gasteiger partial charge in [-0.1, -0.05) is 5.11 Å². The van der Waals surface area contributed by atoms with Crippen molar-refractivity contribution in [2.24, 2.45) is 5.11 Å². The van der Waals surface area contributed by atoms with Gasteiger partial charge < -0.3 is 17.3 Å². The number of carbonyl (C=O) groups excluding carboxylic acids is 2. The van der Waals surface area contributed by atoms with Crippen molar-refractivity contribution in [1.82, 2.24) is 0 Å². The van der Waals surface area contributed by atoms with E-state index in [9.17, 15) is 9.59 Å². The highest BCUT2D eigenvalue weighted by atomic mass is 127. The Kier molecular flexibility index (Phi) is 7.15. The fourth-order valence-corrected chi connectivity index (χ4v) is 2.71. The van der Waals surface area contributed by atoms with Crippen LogP contribution in [0.15, 0.2) is 5.11 Å². The highest BCUT2D eigenvalue weighted by molar-refractivity contribution is 14.1. The van der Waals surface area contributed by atoms with Crippen LogP contribution >= 0.6 is 23.0 Å². The van der Waals surface area contributed by atoms with Crippen LogP contribution in [-0.2, 0) is 26.9 Å². The summed E-state index contributed by atoms with van der Waals surface area (Å²) in [5.41, 5.74) is 8.64. The Morgan fingerprint density at radius 2 is 2.00 bits per heavy atom. The lowest BCUT2D eigenvalue weighted by molar-refractivity contribution is -0.194. The van der Waals surface area contributed by atoms with Gasteiger partial charge in [0.25, 0.3) is 0 Å². The molecule has 1 saturated heterocycles. The largest absolute Gasteiger partial charge is 0.463 e. The minimum absolute atomic E-state index is 0.0475. The van der Waals surface area contributed by atoms with Gasteiger partial charge in [0.05, 0.1) is 6.10 Å². The molecule has 0 N–H and O–H groups in total. The third kappa shape index (κ3) is 4.99. The van der Waals surface area contributed by atoms with Crippen molar-refractivity contribution in [3.63, 3.8) is 0 Å². The van der Waals surface area contributed by atoms with E-state index < -0.39 is 42.4 Å². The summed E-state index contributed by atoms with van der Waals surface area (Å²) < 4.78 is 21.1. The topological polar surface area (TPSA) is 120 Å². The van der Waals surface area contributed by atoms with Crippen LogP contribution in [0.2, 0.25) is 0 Å². The molecule has 1 aliphatic rings. The van der Waals surface area contributed by atoms with Crippen molar-refractivity contribution >= 4 is 34.9 Å². The van der Waals surface area contributed by atoms with Gasteiger partial charge in [-0.25, -0.2) is 0 Å². The Hall–Kier alpha value is -1.10. The first-order valence-electron chi connectivity index (χ1n) is 6.18. The molecule has 0 radical (unpaired) electrons. The molecule has 1 fully saturated rings. The predicted octanol–water partition coefficient (Wildman–Crippen LogP) is 1.68. The van der Waals surface area contributed by atoms with Gasteiger partial charge >= 0.3 is 11.9 Å². The van der Waals surface area contributed by atoms with E-state index in [1.165, 1.54) is 13.8 Å². The number of esters is 2. The summed E-state index contributed by atoms with van der Waals surface area (Å²) in [5, 5.41) is 3.61. The highest BCUT2D eigenvalue weighted by Crippen LogP contribution is 2.29. The third-order valence-electron chi connectivity index (χ3n) is 2.94. The minimum Gasteiger partial charge on any atom is -0.463 e. The van der Waals surface area contributed by atoms with Gasteiger partial charge in [0, 0.05) is 18.8 Å². The maximum absolute atomic E-state index is 11.3. The standard InChI is InChI=1S/C11H16IN3O6/c1-5-9(14-15-13)11(20-7(3)17)10(21-12)8(19-5)4-18-6(2)16/h5,8-11H,4H2,1-3H3/t5-,8?,9?,10+,11?/m0/s1. The molecule has 5 atom stereocenters. The number of hydrogen-bond donors (Lipinski definition) is 0. The van der Waals surface area contributed by atoms with E-state index in [-0.39, 0.29) is 6.61 Å². The van der Waals surface area contributed by atoms with E-state index in [2.05, 4.69) is 10.0 Å². The molecule has 1 heterocycles. The zero-order chi connectivity index (χ0) is 16.0. The molecule has 21 heavy (non-hydrogen) atoms. The SMILES string of the molecule is CC(=O)OCC1O[C@@H](C)C(N=[N+]=[N-])C(OC(C)=O)[C@@H]1OI. The van der Waals surface area contributed by atoms with Crippen LogP contribution in [0.1, 0.15) is 20.8 Å². The second kappa shape index (κ2) is 8.37. The van der Waals surface area contributed by atoms with Gasteiger partial charge in [0.2, 0.25) is 0 Å². The molecular formula is C11H16IN3O6. The van der Waals surface area contributed by atoms with Crippen LogP contribution in [-0.4, -0.2) is 49.0 Å². The maximum Gasteiger partial charge on any atom is 0.303 e. The van der Waals surface area contributed by atoms with Crippen molar-refractivity contribution in [3.05, 3.63) is 10.4 Å². The average Bonchev–Trinajstić information content (AvgIpc) is 2.40. The summed E-state index contributed by atoms with van der Waals surface area (Å²) in [5.74, 6) is -0.989. The van der Waals surface area contributed by atoms with Crippen LogP contribution in [0.25, 0.3) is 10.4 Å². The summed E-state index contributed by atoms with van der Waals surface area (Å²) in [4.78, 5) is 24.9. The van der Waals surface area contributed by atoms with E-state index >= 15 is 0 Å². The van der Waals surface area contributed by atoms with Gasteiger partial charge in [-0.2, -0.15) is 0 Å². The second-order valence-electron chi connectivity index (χ2n) is 4.51. The molecule has 0 bridgehead atoms. The first-order valence-corrected chi connectivity index (χ1v) is 7.06. The van der Waals surface area contributed by atoms with Crippen molar-refractivity contribution in [2.45, 2.75) is 51.2 Å². The quantitative estimate of drug-likeness (QED) is 0.222. The molecule has 0 aliphatic carbocycles. The number of azide groups is 1. The van der Waals surface area contributed by atoms with Crippen LogP contribution in [0.3, 0.4) is 0 Å². The lowest BCUT2D eigenvalue weighted by Crippen LogP contribution is -2.58. The summed E-state index contributed by atoms with van der Waals surface area (Å²) in [6.07, 6.45) is -2.69. The van der Waals surface area contributed by atoms with Crippen molar-refractivity contribution in [2.75, 3.05) is 6.61 Å². The van der Waals surface area contributed by atoms with E-state index in [1.54, 1.807) is 29.9 Å². The summed E-state index contributed by atoms with van der Waals surface area (Å²) in [7, 11) is 0. The van der Waals surface area contributed by atoms with Crippen LogP contribution in [0.5, 0.6) is 0 Å². The molecular weight excluding hydrogens is 397 g/mol. The number of carbonyl (C=O) groups is 2. The fraction of sp³-hybridized carbons (Fsp3) is 0.818. The van der Waals surface area contributed by atoms with Gasteiger partial charge in [-0.15, -0.1) is 0 Å². The Bertz CT molecular complexity index is 442. The monoisotopic (exact) mass is 413 g/mol. The third-order valence-corrected chi connectivity index (χ3v) is 3.53. The molecule has 0 aromatic heterocycles. The summed E-state index contributed by atoms with van der Waals surface area (Å²) >= 11 is 1.64. The van der Waals surface area contributed by atoms with Gasteiger partial charge in [-0.05, 0) is 12.5 Å². The number of rotatable bonds is 5. The van der Waals surface area contributed by atoms with Crippen molar-refractivity contribution < 1.29 is 26.9 Å². The smallest absolute Gasteiger partial charge is 0.303 e. The van der Waals surface area contributed by atoms with Crippen molar-refractivity contribution in [1.29, 1.82) is 0 Å². The van der Waals surface area contributed by atoms with E-state index in [4.69, 9.17) is 22.8 Å². The first kappa shape index (κ1) is 18.0. The summed E-state index contributed by atoms with van der Waals surface area (Å²) in [6, 6.07) is -0.729. The summed E-state index contributed by atoms with van der Waals surface area (Å²) in [6.45, 7) is 4.16. The van der Waals surface area contributed by atoms with Crippen LogP contribution < -0.4 is 0 Å². The van der Waals surface area contributed by atoms with Gasteiger partial charge in [-0.3, -0.25) is 9.59 Å². The number of halogens is 1. The molecule has 3 unspecified atom stereocenters. The number of hydrogen-bond acceptors (Lipinski definition) is 7. The normalized spacial score (nSPS) is 31.9. The Morgan fingerprint density at radius 3 is 2.48 bits per heavy atom. The molecule has 0 aromatic rings. The Balaban J connectivity index is 2.98. The molecule has 0 spiro atoms. The van der Waals surface area contributed by atoms with Gasteiger partial charge in [0.1, 0.15) is 54.0 Å². The molecule has 0 amide bonds. The zero-order valence-electron chi connectivity index (χ0n) is 11.8. The Morgan fingerprint density at radius 1 is 1.33 bits per heavy atom. The molecule has 118 valence electrons. The molecule has 1 aliphatic heterocycles. The average molecular weight is 413 g/mol. The molecule has 10 heteroatoms. The second-order valence-corrected chi connectivity index (χ2v) is 5.01. The van der Waals surface area contributed by atoms with Gasteiger partial charge in [0.15, 0.2) is 0 Å². The lowest BCUT2D eigenvalue weighted by Gasteiger charge is -2.42. The molecule has 0 saturated carbocycles. The van der Waals surface area contributed by atoms with E-state index in [1.807, 2.05) is 0 Å². The Labute approximate surface area is 135 Å². The highest BCUT2D eigenvalue weighted by Gasteiger charge is 2.47. The molecule has 9 nitrogen and oxygen atoms in total. The molecule has 0 aromatic carbocycles. The zero-order valence-corrected chi connectivity index (χ0v) is 13.9. The number of nitrogens with zero attached hydrogens (tertiary/aromatic N) is 3. The van der Waals surface area contributed by atoms with Crippen LogP contribution in [0.4, 0.5) is 0 Å². The van der Waals surface area contributed by atoms with E-state index in [0.29, 0.717) is 0 Å². The van der Waals surface area contributed by atoms with Crippen LogP contribution in [0, 0.1) is 0 Å². The predicted molar refractivity (Wildman–Crippen MR) is 78.3 cm³/mol. The number of ether oxygens (including phenoxy) is 3.